The first kappa shape index (κ1) is 15.6. The molecule has 1 saturated carbocycles. The number of aliphatic hydroxyl groups is 1. The molecule has 118 valence electrons. The molecule has 0 aromatic carbocycles. The fourth-order valence-electron chi connectivity index (χ4n) is 2.98. The third kappa shape index (κ3) is 4.12. The number of hydrogen-bond acceptors (Lipinski definition) is 5. The van der Waals surface area contributed by atoms with Gasteiger partial charge in [-0.3, -0.25) is 4.98 Å². The zero-order valence-corrected chi connectivity index (χ0v) is 13.6. The van der Waals surface area contributed by atoms with E-state index in [1.54, 1.807) is 17.5 Å². The van der Waals surface area contributed by atoms with Crippen molar-refractivity contribution in [2.45, 2.75) is 50.7 Å². The molecule has 0 saturated heterocycles. The second-order valence-electron chi connectivity index (χ2n) is 6.09. The van der Waals surface area contributed by atoms with Crippen LogP contribution in [-0.2, 0) is 6.54 Å². The largest absolute Gasteiger partial charge is 0.389 e. The third-order valence-corrected chi connectivity index (χ3v) is 5.24. The summed E-state index contributed by atoms with van der Waals surface area (Å²) >= 11 is 1.66. The lowest BCUT2D eigenvalue weighted by atomic mass is 9.94. The minimum Gasteiger partial charge on any atom is -0.389 e. The Labute approximate surface area is 135 Å². The quantitative estimate of drug-likeness (QED) is 0.830. The van der Waals surface area contributed by atoms with Crippen molar-refractivity contribution < 1.29 is 5.11 Å². The second kappa shape index (κ2) is 7.31. The van der Waals surface area contributed by atoms with Gasteiger partial charge in [-0.2, -0.15) is 0 Å². The first-order valence-electron chi connectivity index (χ1n) is 8.04. The van der Waals surface area contributed by atoms with Gasteiger partial charge in [0.1, 0.15) is 5.01 Å². The Kier molecular flexibility index (Phi) is 5.18. The lowest BCUT2D eigenvalue weighted by Gasteiger charge is -2.26. The van der Waals surface area contributed by atoms with Crippen LogP contribution in [0.4, 0.5) is 0 Å². The molecule has 4 nitrogen and oxygen atoms in total. The van der Waals surface area contributed by atoms with E-state index in [-0.39, 0.29) is 0 Å². The fraction of sp³-hybridized carbons (Fsp3) is 0.529. The summed E-state index contributed by atoms with van der Waals surface area (Å²) in [5.41, 5.74) is 0.395. The van der Waals surface area contributed by atoms with E-state index in [0.717, 1.165) is 42.9 Å². The Morgan fingerprint density at radius 3 is 2.68 bits per heavy atom. The first-order valence-corrected chi connectivity index (χ1v) is 8.86. The average molecular weight is 317 g/mol. The number of thiazole rings is 1. The van der Waals surface area contributed by atoms with Gasteiger partial charge < -0.3 is 10.4 Å². The van der Waals surface area contributed by atoms with Crippen LogP contribution in [0.25, 0.3) is 10.7 Å². The van der Waals surface area contributed by atoms with Crippen molar-refractivity contribution in [3.05, 3.63) is 35.5 Å². The zero-order chi connectivity index (χ0) is 15.3. The van der Waals surface area contributed by atoms with Crippen molar-refractivity contribution in [2.24, 2.45) is 0 Å². The second-order valence-corrected chi connectivity index (χ2v) is 7.20. The van der Waals surface area contributed by atoms with Gasteiger partial charge in [0.25, 0.3) is 0 Å². The highest BCUT2D eigenvalue weighted by molar-refractivity contribution is 7.14. The summed E-state index contributed by atoms with van der Waals surface area (Å²) in [4.78, 5) is 9.94. The third-order valence-electron chi connectivity index (χ3n) is 4.23. The maximum atomic E-state index is 10.6. The highest BCUT2D eigenvalue weighted by Gasteiger charge is 2.27. The molecule has 3 rings (SSSR count). The van der Waals surface area contributed by atoms with Gasteiger partial charge in [0.15, 0.2) is 0 Å². The number of hydrogen-bond donors (Lipinski definition) is 2. The lowest BCUT2D eigenvalue weighted by molar-refractivity contribution is 0.0251. The van der Waals surface area contributed by atoms with Crippen LogP contribution in [0.1, 0.15) is 43.4 Å². The molecule has 0 radical (unpaired) electrons. The van der Waals surface area contributed by atoms with Crippen molar-refractivity contribution in [1.29, 1.82) is 0 Å². The van der Waals surface area contributed by atoms with Gasteiger partial charge in [0, 0.05) is 30.4 Å². The summed E-state index contributed by atoms with van der Waals surface area (Å²) in [6.45, 7) is 1.43. The number of aromatic nitrogens is 2. The molecule has 0 atom stereocenters. The van der Waals surface area contributed by atoms with Gasteiger partial charge in [0.05, 0.1) is 11.3 Å². The highest BCUT2D eigenvalue weighted by atomic mass is 32.1. The van der Waals surface area contributed by atoms with E-state index in [9.17, 15) is 5.11 Å². The summed E-state index contributed by atoms with van der Waals surface area (Å²) in [6.07, 6.45) is 10.3. The molecular weight excluding hydrogens is 294 g/mol. The van der Waals surface area contributed by atoms with Gasteiger partial charge in [0.2, 0.25) is 0 Å². The van der Waals surface area contributed by atoms with Crippen molar-refractivity contribution in [2.75, 3.05) is 6.54 Å². The van der Waals surface area contributed by atoms with E-state index in [2.05, 4.69) is 15.3 Å². The Morgan fingerprint density at radius 2 is 1.95 bits per heavy atom. The Hall–Kier alpha value is -1.30. The van der Waals surface area contributed by atoms with Gasteiger partial charge in [-0.15, -0.1) is 11.3 Å². The van der Waals surface area contributed by atoms with Gasteiger partial charge in [-0.05, 0) is 25.0 Å². The van der Waals surface area contributed by atoms with Crippen molar-refractivity contribution in [3.8, 4) is 10.7 Å². The van der Waals surface area contributed by atoms with Gasteiger partial charge in [-0.1, -0.05) is 31.7 Å². The summed E-state index contributed by atoms with van der Waals surface area (Å²) in [7, 11) is 0. The number of nitrogens with zero attached hydrogens (tertiary/aromatic N) is 2. The zero-order valence-electron chi connectivity index (χ0n) is 12.8. The van der Waals surface area contributed by atoms with E-state index in [0.29, 0.717) is 6.54 Å². The predicted octanol–water partition coefficient (Wildman–Crippen LogP) is 3.38. The predicted molar refractivity (Wildman–Crippen MR) is 89.7 cm³/mol. The Bertz CT molecular complexity index is 577. The molecule has 1 aliphatic rings. The monoisotopic (exact) mass is 317 g/mol. The SMILES string of the molecule is OC1(CNCc2cnc(-c3ccccn3)s2)CCCCCC1. The van der Waals surface area contributed by atoms with E-state index in [4.69, 9.17) is 0 Å². The van der Waals surface area contributed by atoms with Crippen LogP contribution in [0.3, 0.4) is 0 Å². The van der Waals surface area contributed by atoms with Crippen LogP contribution in [0, 0.1) is 0 Å². The van der Waals surface area contributed by atoms with Crippen LogP contribution >= 0.6 is 11.3 Å². The van der Waals surface area contributed by atoms with Gasteiger partial charge in [-0.25, -0.2) is 4.98 Å². The molecule has 2 aromatic heterocycles. The maximum absolute atomic E-state index is 10.6. The summed E-state index contributed by atoms with van der Waals surface area (Å²) < 4.78 is 0. The molecular formula is C17H23N3OS. The van der Waals surface area contributed by atoms with Crippen molar-refractivity contribution in [3.63, 3.8) is 0 Å². The van der Waals surface area contributed by atoms with E-state index in [1.165, 1.54) is 17.7 Å². The molecule has 5 heteroatoms. The summed E-state index contributed by atoms with van der Waals surface area (Å²) in [6, 6.07) is 5.86. The molecule has 0 aliphatic heterocycles. The maximum Gasteiger partial charge on any atom is 0.142 e. The molecule has 2 N–H and O–H groups in total. The van der Waals surface area contributed by atoms with Crippen molar-refractivity contribution >= 4 is 11.3 Å². The highest BCUT2D eigenvalue weighted by Crippen LogP contribution is 2.27. The van der Waals surface area contributed by atoms with Crippen LogP contribution in [-0.4, -0.2) is 27.2 Å². The standard InChI is InChI=1S/C17H23N3OS/c21-17(8-4-1-2-5-9-17)13-18-11-14-12-20-16(22-14)15-7-3-6-10-19-15/h3,6-7,10,12,18,21H,1-2,4-5,8-9,11,13H2. The van der Waals surface area contributed by atoms with Crippen molar-refractivity contribution in [1.82, 2.24) is 15.3 Å². The molecule has 0 spiro atoms. The van der Waals surface area contributed by atoms with E-state index < -0.39 is 5.60 Å². The topological polar surface area (TPSA) is 58.0 Å². The Balaban J connectivity index is 1.53. The number of pyridine rings is 1. The molecule has 2 aromatic rings. The fourth-order valence-corrected chi connectivity index (χ4v) is 3.84. The first-order chi connectivity index (χ1) is 10.8. The molecule has 1 fully saturated rings. The summed E-state index contributed by atoms with van der Waals surface area (Å²) in [5.74, 6) is 0. The van der Waals surface area contributed by atoms with Crippen LogP contribution in [0.2, 0.25) is 0 Å². The van der Waals surface area contributed by atoms with Crippen LogP contribution in [0.5, 0.6) is 0 Å². The lowest BCUT2D eigenvalue weighted by Crippen LogP contribution is -2.39. The number of rotatable bonds is 5. The van der Waals surface area contributed by atoms with Gasteiger partial charge >= 0.3 is 0 Å². The van der Waals surface area contributed by atoms with E-state index >= 15 is 0 Å². The minimum atomic E-state index is -0.523. The molecule has 0 bridgehead atoms. The summed E-state index contributed by atoms with van der Waals surface area (Å²) in [5, 5.41) is 15.0. The van der Waals surface area contributed by atoms with E-state index in [1.807, 2.05) is 24.4 Å². The molecule has 22 heavy (non-hydrogen) atoms. The van der Waals surface area contributed by atoms with Crippen LogP contribution < -0.4 is 5.32 Å². The molecule has 0 unspecified atom stereocenters. The number of nitrogens with one attached hydrogen (secondary N) is 1. The minimum absolute atomic E-state index is 0.523. The molecule has 1 aliphatic carbocycles. The normalized spacial score (nSPS) is 18.0. The Morgan fingerprint density at radius 1 is 1.14 bits per heavy atom. The molecule has 2 heterocycles. The molecule has 0 amide bonds. The van der Waals surface area contributed by atoms with Crippen LogP contribution in [0.15, 0.2) is 30.6 Å². The smallest absolute Gasteiger partial charge is 0.142 e. The average Bonchev–Trinajstić information content (AvgIpc) is 2.90.